The number of aryl methyl sites for hydroxylation is 1. The Kier molecular flexibility index (Phi) is 5.35. The first-order valence-corrected chi connectivity index (χ1v) is 8.65. The molecular weight excluding hydrogens is 326 g/mol. The van der Waals surface area contributed by atoms with Gasteiger partial charge in [0.1, 0.15) is 0 Å². The SMILES string of the molecule is Cc1c(Cl)cccc1N1CCCN(C(=O)CCn2ccnn2)CC1. The van der Waals surface area contributed by atoms with Crippen LogP contribution < -0.4 is 4.90 Å². The Hall–Kier alpha value is -2.08. The van der Waals surface area contributed by atoms with Gasteiger partial charge in [0.25, 0.3) is 0 Å². The molecule has 1 amide bonds. The van der Waals surface area contributed by atoms with E-state index in [1.165, 1.54) is 5.69 Å². The predicted octanol–water partition coefficient (Wildman–Crippen LogP) is 2.37. The highest BCUT2D eigenvalue weighted by atomic mass is 35.5. The highest BCUT2D eigenvalue weighted by Gasteiger charge is 2.20. The highest BCUT2D eigenvalue weighted by Crippen LogP contribution is 2.27. The fourth-order valence-electron chi connectivity index (χ4n) is 3.07. The topological polar surface area (TPSA) is 54.3 Å². The Bertz CT molecular complexity index is 688. The summed E-state index contributed by atoms with van der Waals surface area (Å²) in [6.07, 6.45) is 4.82. The molecule has 1 saturated heterocycles. The molecule has 0 N–H and O–H groups in total. The lowest BCUT2D eigenvalue weighted by molar-refractivity contribution is -0.131. The van der Waals surface area contributed by atoms with E-state index in [2.05, 4.69) is 21.3 Å². The van der Waals surface area contributed by atoms with Gasteiger partial charge in [0, 0.05) is 49.5 Å². The van der Waals surface area contributed by atoms with Crippen molar-refractivity contribution in [2.45, 2.75) is 26.3 Å². The molecule has 0 spiro atoms. The molecule has 0 radical (unpaired) electrons. The third-order valence-corrected chi connectivity index (χ3v) is 4.86. The van der Waals surface area contributed by atoms with Crippen LogP contribution in [0.2, 0.25) is 5.02 Å². The Labute approximate surface area is 147 Å². The minimum atomic E-state index is 0.176. The lowest BCUT2D eigenvalue weighted by Gasteiger charge is -2.25. The molecule has 0 saturated carbocycles. The molecule has 1 aromatic carbocycles. The Morgan fingerprint density at radius 3 is 2.92 bits per heavy atom. The zero-order valence-electron chi connectivity index (χ0n) is 13.9. The van der Waals surface area contributed by atoms with E-state index in [1.807, 2.05) is 24.0 Å². The van der Waals surface area contributed by atoms with Crippen LogP contribution in [0.1, 0.15) is 18.4 Å². The van der Waals surface area contributed by atoms with Gasteiger partial charge in [-0.1, -0.05) is 22.9 Å². The van der Waals surface area contributed by atoms with E-state index in [0.717, 1.165) is 43.2 Å². The number of anilines is 1. The van der Waals surface area contributed by atoms with Crippen molar-refractivity contribution in [3.8, 4) is 0 Å². The monoisotopic (exact) mass is 347 g/mol. The fourth-order valence-corrected chi connectivity index (χ4v) is 3.24. The molecule has 24 heavy (non-hydrogen) atoms. The van der Waals surface area contributed by atoms with E-state index in [1.54, 1.807) is 17.1 Å². The summed E-state index contributed by atoms with van der Waals surface area (Å²) in [5.74, 6) is 0.176. The number of carbonyl (C=O) groups excluding carboxylic acids is 1. The average molecular weight is 348 g/mol. The second kappa shape index (κ2) is 7.66. The van der Waals surface area contributed by atoms with Crippen LogP contribution in [-0.2, 0) is 11.3 Å². The number of hydrogen-bond donors (Lipinski definition) is 0. The summed E-state index contributed by atoms with van der Waals surface area (Å²) in [7, 11) is 0. The van der Waals surface area contributed by atoms with Crippen LogP contribution in [0, 0.1) is 6.92 Å². The van der Waals surface area contributed by atoms with Gasteiger partial charge in [0.2, 0.25) is 5.91 Å². The first-order valence-electron chi connectivity index (χ1n) is 8.27. The maximum atomic E-state index is 12.4. The number of hydrogen-bond acceptors (Lipinski definition) is 4. The van der Waals surface area contributed by atoms with Crippen LogP contribution in [0.3, 0.4) is 0 Å². The zero-order valence-corrected chi connectivity index (χ0v) is 14.6. The lowest BCUT2D eigenvalue weighted by atomic mass is 10.1. The van der Waals surface area contributed by atoms with Crippen molar-refractivity contribution in [2.75, 3.05) is 31.1 Å². The number of halogens is 1. The molecule has 2 aromatic rings. The second-order valence-electron chi connectivity index (χ2n) is 6.02. The van der Waals surface area contributed by atoms with Crippen LogP contribution in [0.15, 0.2) is 30.6 Å². The number of amides is 1. The van der Waals surface area contributed by atoms with Gasteiger partial charge in [-0.25, -0.2) is 0 Å². The van der Waals surface area contributed by atoms with Crippen molar-refractivity contribution in [1.82, 2.24) is 19.9 Å². The van der Waals surface area contributed by atoms with Crippen molar-refractivity contribution in [1.29, 1.82) is 0 Å². The molecule has 1 aliphatic heterocycles. The predicted molar refractivity (Wildman–Crippen MR) is 94.2 cm³/mol. The fraction of sp³-hybridized carbons (Fsp3) is 0.471. The zero-order chi connectivity index (χ0) is 16.9. The highest BCUT2D eigenvalue weighted by molar-refractivity contribution is 6.31. The molecule has 7 heteroatoms. The maximum Gasteiger partial charge on any atom is 0.224 e. The molecule has 0 unspecified atom stereocenters. The number of benzene rings is 1. The smallest absolute Gasteiger partial charge is 0.224 e. The third kappa shape index (κ3) is 3.87. The molecule has 2 heterocycles. The van der Waals surface area contributed by atoms with Crippen LogP contribution in [-0.4, -0.2) is 52.0 Å². The minimum absolute atomic E-state index is 0.176. The molecule has 128 valence electrons. The van der Waals surface area contributed by atoms with Gasteiger partial charge in [-0.15, -0.1) is 5.10 Å². The lowest BCUT2D eigenvalue weighted by Crippen LogP contribution is -2.35. The molecule has 0 atom stereocenters. The molecule has 1 fully saturated rings. The summed E-state index contributed by atoms with van der Waals surface area (Å²) >= 11 is 6.24. The van der Waals surface area contributed by atoms with E-state index in [0.29, 0.717) is 13.0 Å². The Balaban J connectivity index is 1.58. The summed E-state index contributed by atoms with van der Waals surface area (Å²) < 4.78 is 1.69. The summed E-state index contributed by atoms with van der Waals surface area (Å²) in [4.78, 5) is 16.7. The van der Waals surface area contributed by atoms with Gasteiger partial charge < -0.3 is 9.80 Å². The van der Waals surface area contributed by atoms with E-state index >= 15 is 0 Å². The van der Waals surface area contributed by atoms with Gasteiger partial charge in [-0.3, -0.25) is 9.48 Å². The van der Waals surface area contributed by atoms with Crippen molar-refractivity contribution in [3.63, 3.8) is 0 Å². The number of aromatic nitrogens is 3. The normalized spacial score (nSPS) is 15.4. The van der Waals surface area contributed by atoms with Crippen molar-refractivity contribution < 1.29 is 4.79 Å². The summed E-state index contributed by atoms with van der Waals surface area (Å²) in [6.45, 7) is 5.93. The van der Waals surface area contributed by atoms with Crippen LogP contribution in [0.25, 0.3) is 0 Å². The molecule has 1 aliphatic rings. The van der Waals surface area contributed by atoms with Crippen molar-refractivity contribution in [2.24, 2.45) is 0 Å². The molecule has 0 bridgehead atoms. The molecular formula is C17H22ClN5O. The molecule has 6 nitrogen and oxygen atoms in total. The van der Waals surface area contributed by atoms with E-state index in [-0.39, 0.29) is 5.91 Å². The number of nitrogens with zero attached hydrogens (tertiary/aromatic N) is 5. The number of rotatable bonds is 4. The van der Waals surface area contributed by atoms with Crippen molar-refractivity contribution in [3.05, 3.63) is 41.2 Å². The first-order chi connectivity index (χ1) is 11.6. The van der Waals surface area contributed by atoms with Gasteiger partial charge in [0.05, 0.1) is 12.7 Å². The van der Waals surface area contributed by atoms with Crippen LogP contribution in [0.5, 0.6) is 0 Å². The Morgan fingerprint density at radius 1 is 1.25 bits per heavy atom. The molecule has 3 rings (SSSR count). The number of carbonyl (C=O) groups is 1. The van der Waals surface area contributed by atoms with Gasteiger partial charge in [-0.2, -0.15) is 0 Å². The maximum absolute atomic E-state index is 12.4. The van der Waals surface area contributed by atoms with Crippen LogP contribution >= 0.6 is 11.6 Å². The second-order valence-corrected chi connectivity index (χ2v) is 6.43. The standard InChI is InChI=1S/C17H22ClN5O/c1-14-15(18)4-2-5-16(14)21-8-3-9-22(13-12-21)17(24)6-10-23-11-7-19-20-23/h2,4-5,7,11H,3,6,8-10,12-13H2,1H3. The van der Waals surface area contributed by atoms with Gasteiger partial charge in [0.15, 0.2) is 0 Å². The van der Waals surface area contributed by atoms with Crippen molar-refractivity contribution >= 4 is 23.2 Å². The quantitative estimate of drug-likeness (QED) is 0.852. The minimum Gasteiger partial charge on any atom is -0.369 e. The van der Waals surface area contributed by atoms with Gasteiger partial charge >= 0.3 is 0 Å². The molecule has 0 aliphatic carbocycles. The summed E-state index contributed by atoms with van der Waals surface area (Å²) in [5.41, 5.74) is 2.27. The van der Waals surface area contributed by atoms with E-state index < -0.39 is 0 Å². The summed E-state index contributed by atoms with van der Waals surface area (Å²) in [6, 6.07) is 6.00. The first kappa shape index (κ1) is 16.8. The largest absolute Gasteiger partial charge is 0.369 e. The molecule has 1 aromatic heterocycles. The Morgan fingerprint density at radius 2 is 2.12 bits per heavy atom. The average Bonchev–Trinajstić information content (AvgIpc) is 2.98. The summed E-state index contributed by atoms with van der Waals surface area (Å²) in [5, 5.41) is 8.44. The van der Waals surface area contributed by atoms with Crippen LogP contribution in [0.4, 0.5) is 5.69 Å². The van der Waals surface area contributed by atoms with E-state index in [4.69, 9.17) is 11.6 Å². The third-order valence-electron chi connectivity index (χ3n) is 4.46. The van der Waals surface area contributed by atoms with E-state index in [9.17, 15) is 4.79 Å². The van der Waals surface area contributed by atoms with Gasteiger partial charge in [-0.05, 0) is 31.0 Å².